The van der Waals surface area contributed by atoms with E-state index < -0.39 is 17.9 Å². The maximum absolute atomic E-state index is 14.4. The topological polar surface area (TPSA) is 85.8 Å². The Hall–Kier alpha value is -3.29. The lowest BCUT2D eigenvalue weighted by atomic mass is 10.1. The number of ether oxygens (including phenoxy) is 2. The number of hydrogen-bond acceptors (Lipinski definition) is 6. The first kappa shape index (κ1) is 19.7. The Balaban J connectivity index is 1.24. The molecule has 7 nitrogen and oxygen atoms in total. The predicted molar refractivity (Wildman–Crippen MR) is 108 cm³/mol. The van der Waals surface area contributed by atoms with Crippen molar-refractivity contribution in [2.24, 2.45) is 5.92 Å². The van der Waals surface area contributed by atoms with E-state index in [1.54, 1.807) is 12.1 Å². The molecule has 1 aliphatic heterocycles. The number of esters is 1. The maximum atomic E-state index is 14.4. The van der Waals surface area contributed by atoms with Crippen LogP contribution in [0.5, 0.6) is 5.75 Å². The molecule has 2 heterocycles. The van der Waals surface area contributed by atoms with Gasteiger partial charge in [-0.05, 0) is 55.0 Å². The van der Waals surface area contributed by atoms with Gasteiger partial charge in [0.15, 0.2) is 11.9 Å². The normalized spacial score (nSPS) is 20.2. The van der Waals surface area contributed by atoms with E-state index in [4.69, 9.17) is 9.47 Å². The fraction of sp³-hybridized carbons (Fsp3) is 0.391. The van der Waals surface area contributed by atoms with E-state index in [0.29, 0.717) is 60.9 Å². The first-order chi connectivity index (χ1) is 15.0. The Morgan fingerprint density at radius 1 is 1.16 bits per heavy atom. The maximum Gasteiger partial charge on any atom is 0.356 e. The van der Waals surface area contributed by atoms with Crippen molar-refractivity contribution in [3.05, 3.63) is 53.1 Å². The summed E-state index contributed by atoms with van der Waals surface area (Å²) in [5, 5.41) is 0. The first-order valence-corrected chi connectivity index (χ1v) is 10.5. The summed E-state index contributed by atoms with van der Waals surface area (Å²) >= 11 is 0. The van der Waals surface area contributed by atoms with Gasteiger partial charge in [-0.3, -0.25) is 9.59 Å². The number of Topliss-reactive ketones (excluding diaryl/α,β-unsaturated/α-hetero) is 1. The van der Waals surface area contributed by atoms with Crippen molar-refractivity contribution in [2.45, 2.75) is 38.2 Å². The SMILES string of the molecule is O=C(OCC1CC1)c1ccc(O[C@@H]2CCN(c3cc(F)c4c(c3)C(=O)CC4)C2=O)cn1. The van der Waals surface area contributed by atoms with Gasteiger partial charge in [0.1, 0.15) is 17.3 Å². The van der Waals surface area contributed by atoms with Gasteiger partial charge in [0, 0.05) is 30.6 Å². The molecule has 0 N–H and O–H groups in total. The number of aromatic nitrogens is 1. The lowest BCUT2D eigenvalue weighted by Gasteiger charge is -2.18. The van der Waals surface area contributed by atoms with Crippen LogP contribution in [-0.4, -0.2) is 41.9 Å². The molecule has 1 saturated heterocycles. The van der Waals surface area contributed by atoms with Crippen molar-refractivity contribution in [1.82, 2.24) is 4.98 Å². The molecule has 0 radical (unpaired) electrons. The van der Waals surface area contributed by atoms with Gasteiger partial charge in [0.25, 0.3) is 5.91 Å². The minimum absolute atomic E-state index is 0.1000. The summed E-state index contributed by atoms with van der Waals surface area (Å²) in [5.74, 6) is -0.511. The summed E-state index contributed by atoms with van der Waals surface area (Å²) in [7, 11) is 0. The third-order valence-corrected chi connectivity index (χ3v) is 5.92. The number of carbonyl (C=O) groups excluding carboxylic acids is 3. The second kappa shape index (κ2) is 7.76. The zero-order chi connectivity index (χ0) is 21.5. The van der Waals surface area contributed by atoms with Crippen molar-refractivity contribution < 1.29 is 28.2 Å². The highest BCUT2D eigenvalue weighted by atomic mass is 19.1. The molecular formula is C23H21FN2O5. The molecule has 5 rings (SSSR count). The van der Waals surface area contributed by atoms with E-state index in [2.05, 4.69) is 4.98 Å². The fourth-order valence-electron chi connectivity index (χ4n) is 3.96. The summed E-state index contributed by atoms with van der Waals surface area (Å²) in [5.41, 5.74) is 1.34. The van der Waals surface area contributed by atoms with Gasteiger partial charge in [-0.25, -0.2) is 14.2 Å². The quantitative estimate of drug-likeness (QED) is 0.663. The molecule has 1 aromatic carbocycles. The van der Waals surface area contributed by atoms with Gasteiger partial charge >= 0.3 is 5.97 Å². The summed E-state index contributed by atoms with van der Waals surface area (Å²) in [6.45, 7) is 0.773. The highest BCUT2D eigenvalue weighted by Crippen LogP contribution is 2.32. The highest BCUT2D eigenvalue weighted by Gasteiger charge is 2.36. The zero-order valence-corrected chi connectivity index (χ0v) is 16.8. The standard InChI is InChI=1S/C23H21FN2O5/c24-18-10-14(9-17-16(18)4-6-20(17)27)26-8-7-21(22(26)28)31-15-3-5-19(25-11-15)23(29)30-12-13-1-2-13/h3,5,9-11,13,21H,1-2,4,6-8,12H2/t21-/m1/s1. The number of pyridine rings is 1. The van der Waals surface area contributed by atoms with Crippen LogP contribution < -0.4 is 9.64 Å². The van der Waals surface area contributed by atoms with Crippen LogP contribution in [0.2, 0.25) is 0 Å². The van der Waals surface area contributed by atoms with Crippen LogP contribution in [0.1, 0.15) is 52.1 Å². The number of anilines is 1. The molecule has 8 heteroatoms. The molecule has 1 aromatic heterocycles. The Morgan fingerprint density at radius 3 is 2.74 bits per heavy atom. The van der Waals surface area contributed by atoms with Crippen molar-refractivity contribution in [3.63, 3.8) is 0 Å². The van der Waals surface area contributed by atoms with Gasteiger partial charge < -0.3 is 14.4 Å². The number of amides is 1. The van der Waals surface area contributed by atoms with Crippen molar-refractivity contribution >= 4 is 23.3 Å². The Labute approximate surface area is 178 Å². The molecule has 0 bridgehead atoms. The van der Waals surface area contributed by atoms with Crippen molar-refractivity contribution in [2.75, 3.05) is 18.1 Å². The Kier molecular flexibility index (Phi) is 4.92. The predicted octanol–water partition coefficient (Wildman–Crippen LogP) is 3.10. The minimum Gasteiger partial charge on any atom is -0.479 e. The van der Waals surface area contributed by atoms with Crippen LogP contribution in [0.25, 0.3) is 0 Å². The highest BCUT2D eigenvalue weighted by molar-refractivity contribution is 6.04. The van der Waals surface area contributed by atoms with Crippen LogP contribution >= 0.6 is 0 Å². The third-order valence-electron chi connectivity index (χ3n) is 5.92. The minimum atomic E-state index is -0.749. The van der Waals surface area contributed by atoms with E-state index in [-0.39, 0.29) is 17.4 Å². The number of carbonyl (C=O) groups is 3. The lowest BCUT2D eigenvalue weighted by molar-refractivity contribution is -0.122. The molecule has 2 aromatic rings. The van der Waals surface area contributed by atoms with Crippen LogP contribution in [0, 0.1) is 11.7 Å². The monoisotopic (exact) mass is 424 g/mol. The molecule has 160 valence electrons. The zero-order valence-electron chi connectivity index (χ0n) is 16.8. The second-order valence-corrected chi connectivity index (χ2v) is 8.18. The van der Waals surface area contributed by atoms with Crippen molar-refractivity contribution in [3.8, 4) is 5.75 Å². The summed E-state index contributed by atoms with van der Waals surface area (Å²) in [4.78, 5) is 42.3. The van der Waals surface area contributed by atoms with Gasteiger partial charge in [-0.1, -0.05) is 0 Å². The molecule has 2 fully saturated rings. The molecule has 0 unspecified atom stereocenters. The average Bonchev–Trinajstić information content (AvgIpc) is 3.43. The van der Waals surface area contributed by atoms with Gasteiger partial charge in [-0.2, -0.15) is 0 Å². The summed E-state index contributed by atoms with van der Waals surface area (Å²) < 4.78 is 25.3. The largest absolute Gasteiger partial charge is 0.479 e. The first-order valence-electron chi connectivity index (χ1n) is 10.5. The molecule has 2 aliphatic carbocycles. The van der Waals surface area contributed by atoms with Crippen LogP contribution in [0.4, 0.5) is 10.1 Å². The smallest absolute Gasteiger partial charge is 0.356 e. The average molecular weight is 424 g/mol. The number of ketones is 1. The lowest BCUT2D eigenvalue weighted by Crippen LogP contribution is -2.32. The Bertz CT molecular complexity index is 1060. The summed E-state index contributed by atoms with van der Waals surface area (Å²) in [6.07, 6.45) is 3.93. The number of nitrogens with zero attached hydrogens (tertiary/aromatic N) is 2. The van der Waals surface area contributed by atoms with Crippen LogP contribution in [0.15, 0.2) is 30.5 Å². The summed E-state index contributed by atoms with van der Waals surface area (Å²) in [6, 6.07) is 5.98. The number of rotatable bonds is 6. The molecule has 1 amide bonds. The molecule has 0 spiro atoms. The number of fused-ring (bicyclic) bond motifs is 1. The number of halogens is 1. The third kappa shape index (κ3) is 3.89. The van der Waals surface area contributed by atoms with E-state index in [1.165, 1.54) is 23.2 Å². The van der Waals surface area contributed by atoms with Crippen LogP contribution in [0.3, 0.4) is 0 Å². The molecule has 31 heavy (non-hydrogen) atoms. The van der Waals surface area contributed by atoms with Crippen LogP contribution in [-0.2, 0) is 16.0 Å². The molecule has 1 atom stereocenters. The molecule has 3 aliphatic rings. The fourth-order valence-corrected chi connectivity index (χ4v) is 3.96. The molecule has 1 saturated carbocycles. The molecular weight excluding hydrogens is 403 g/mol. The van der Waals surface area contributed by atoms with E-state index in [1.807, 2.05) is 0 Å². The van der Waals surface area contributed by atoms with Gasteiger partial charge in [-0.15, -0.1) is 0 Å². The second-order valence-electron chi connectivity index (χ2n) is 8.18. The number of hydrogen-bond donors (Lipinski definition) is 0. The van der Waals surface area contributed by atoms with Crippen molar-refractivity contribution in [1.29, 1.82) is 0 Å². The Morgan fingerprint density at radius 2 is 2.00 bits per heavy atom. The van der Waals surface area contributed by atoms with Gasteiger partial charge in [0.2, 0.25) is 0 Å². The van der Waals surface area contributed by atoms with E-state index in [0.717, 1.165) is 12.8 Å². The van der Waals surface area contributed by atoms with E-state index >= 15 is 0 Å². The number of benzene rings is 1. The van der Waals surface area contributed by atoms with E-state index in [9.17, 15) is 18.8 Å². The van der Waals surface area contributed by atoms with Gasteiger partial charge in [0.05, 0.1) is 12.8 Å².